The van der Waals surface area contributed by atoms with E-state index in [1.807, 2.05) is 13.8 Å². The lowest BCUT2D eigenvalue weighted by molar-refractivity contribution is 0.0950. The van der Waals surface area contributed by atoms with Crippen molar-refractivity contribution in [3.05, 3.63) is 42.6 Å². The van der Waals surface area contributed by atoms with E-state index in [1.54, 1.807) is 41.6 Å². The Balaban J connectivity index is 0.00000220. The molecular weight excluding hydrogens is 325 g/mol. The molecule has 0 aliphatic carbocycles. The summed E-state index contributed by atoms with van der Waals surface area (Å²) >= 11 is 0. The van der Waals surface area contributed by atoms with Crippen LogP contribution in [0, 0.1) is 0 Å². The lowest BCUT2D eigenvalue weighted by Crippen LogP contribution is -2.38. The molecule has 0 saturated carbocycles. The van der Waals surface area contributed by atoms with E-state index in [0.717, 1.165) is 6.54 Å². The number of aromatic nitrogens is 3. The quantitative estimate of drug-likeness (QED) is 0.837. The monoisotopic (exact) mass is 345 g/mol. The molecule has 0 aliphatic rings. The van der Waals surface area contributed by atoms with Crippen molar-refractivity contribution < 1.29 is 4.79 Å². The zero-order chi connectivity index (χ0) is 14.4. The number of rotatable bonds is 6. The highest BCUT2D eigenvalue weighted by Gasteiger charge is 2.09. The third kappa shape index (κ3) is 5.63. The first kappa shape index (κ1) is 20.4. The summed E-state index contributed by atoms with van der Waals surface area (Å²) in [5.74, 6) is 0.577. The predicted molar refractivity (Wildman–Crippen MR) is 91.3 cm³/mol. The molecule has 6 nitrogen and oxygen atoms in total. The van der Waals surface area contributed by atoms with Gasteiger partial charge in [-0.2, -0.15) is 0 Å². The summed E-state index contributed by atoms with van der Waals surface area (Å²) in [6, 6.07) is 3.70. The SMILES string of the molecule is CCN[C@H](C)CNC(=O)c1ccnc(-n2ccnc2)c1.Cl.Cl. The Morgan fingerprint density at radius 3 is 2.77 bits per heavy atom. The Bertz CT molecular complexity index is 562. The predicted octanol–water partition coefficient (Wildman–Crippen LogP) is 1.84. The summed E-state index contributed by atoms with van der Waals surface area (Å²) in [6.07, 6.45) is 6.74. The van der Waals surface area contributed by atoms with E-state index in [9.17, 15) is 4.79 Å². The Labute approximate surface area is 142 Å². The van der Waals surface area contributed by atoms with Crippen LogP contribution in [-0.4, -0.2) is 39.6 Å². The molecule has 1 atom stereocenters. The molecule has 1 amide bonds. The molecule has 0 spiro atoms. The maximum atomic E-state index is 12.1. The number of hydrogen-bond acceptors (Lipinski definition) is 4. The number of carbonyl (C=O) groups excluding carboxylic acids is 1. The number of amides is 1. The molecule has 0 bridgehead atoms. The van der Waals surface area contributed by atoms with Crippen LogP contribution in [0.3, 0.4) is 0 Å². The van der Waals surface area contributed by atoms with Gasteiger partial charge in [0.2, 0.25) is 0 Å². The van der Waals surface area contributed by atoms with Gasteiger partial charge in [-0.25, -0.2) is 9.97 Å². The molecule has 2 rings (SSSR count). The molecule has 2 heterocycles. The molecule has 2 N–H and O–H groups in total. The van der Waals surface area contributed by atoms with Crippen molar-refractivity contribution in [2.75, 3.05) is 13.1 Å². The van der Waals surface area contributed by atoms with Crippen molar-refractivity contribution in [1.82, 2.24) is 25.2 Å². The topological polar surface area (TPSA) is 71.8 Å². The van der Waals surface area contributed by atoms with Crippen LogP contribution in [0.25, 0.3) is 5.82 Å². The second kappa shape index (κ2) is 10.2. The second-order valence-electron chi connectivity index (χ2n) is 4.54. The summed E-state index contributed by atoms with van der Waals surface area (Å²) in [6.45, 7) is 5.55. The number of imidazole rings is 1. The first-order valence-corrected chi connectivity index (χ1v) is 6.66. The van der Waals surface area contributed by atoms with Gasteiger partial charge >= 0.3 is 0 Å². The highest BCUT2D eigenvalue weighted by molar-refractivity contribution is 5.94. The highest BCUT2D eigenvalue weighted by atomic mass is 35.5. The minimum atomic E-state index is -0.0986. The van der Waals surface area contributed by atoms with Gasteiger partial charge in [-0.1, -0.05) is 6.92 Å². The van der Waals surface area contributed by atoms with E-state index in [-0.39, 0.29) is 36.8 Å². The van der Waals surface area contributed by atoms with Gasteiger partial charge in [0.05, 0.1) is 0 Å². The van der Waals surface area contributed by atoms with Crippen LogP contribution in [0.2, 0.25) is 0 Å². The van der Waals surface area contributed by atoms with Crippen molar-refractivity contribution in [3.63, 3.8) is 0 Å². The van der Waals surface area contributed by atoms with E-state index >= 15 is 0 Å². The molecule has 0 aliphatic heterocycles. The van der Waals surface area contributed by atoms with Gasteiger partial charge in [-0.3, -0.25) is 9.36 Å². The normalized spacial score (nSPS) is 11.0. The van der Waals surface area contributed by atoms with Crippen LogP contribution >= 0.6 is 24.8 Å². The fourth-order valence-corrected chi connectivity index (χ4v) is 1.86. The van der Waals surface area contributed by atoms with Gasteiger partial charge < -0.3 is 10.6 Å². The number of nitrogens with one attached hydrogen (secondary N) is 2. The maximum Gasteiger partial charge on any atom is 0.251 e. The maximum absolute atomic E-state index is 12.1. The molecule has 2 aromatic heterocycles. The van der Waals surface area contributed by atoms with Crippen LogP contribution in [0.1, 0.15) is 24.2 Å². The summed E-state index contributed by atoms with van der Waals surface area (Å²) in [7, 11) is 0. The number of carbonyl (C=O) groups is 1. The number of nitrogens with zero attached hydrogens (tertiary/aromatic N) is 3. The van der Waals surface area contributed by atoms with E-state index in [1.165, 1.54) is 0 Å². The smallest absolute Gasteiger partial charge is 0.251 e. The standard InChI is InChI=1S/C14H19N5O.2ClH/c1-3-16-11(2)9-18-14(20)12-4-5-17-13(8-12)19-7-6-15-10-19;;/h4-8,10-11,16H,3,9H2,1-2H3,(H,18,20);2*1H/t11-;;/m1../s1. The van der Waals surface area contributed by atoms with E-state index in [2.05, 4.69) is 20.6 Å². The third-order valence-corrected chi connectivity index (χ3v) is 2.90. The van der Waals surface area contributed by atoms with Gasteiger partial charge in [0, 0.05) is 36.7 Å². The molecule has 0 fully saturated rings. The average molecular weight is 346 g/mol. The Morgan fingerprint density at radius 2 is 2.14 bits per heavy atom. The first-order valence-electron chi connectivity index (χ1n) is 6.66. The molecular formula is C14H21Cl2N5O. The molecule has 8 heteroatoms. The first-order chi connectivity index (χ1) is 9.70. The van der Waals surface area contributed by atoms with E-state index in [0.29, 0.717) is 17.9 Å². The largest absolute Gasteiger partial charge is 0.350 e. The second-order valence-corrected chi connectivity index (χ2v) is 4.54. The van der Waals surface area contributed by atoms with Crippen LogP contribution in [0.4, 0.5) is 0 Å². The van der Waals surface area contributed by atoms with Crippen LogP contribution in [0.15, 0.2) is 37.1 Å². The van der Waals surface area contributed by atoms with Gasteiger partial charge in [0.1, 0.15) is 12.1 Å². The molecule has 0 aromatic carbocycles. The lowest BCUT2D eigenvalue weighted by atomic mass is 10.2. The van der Waals surface area contributed by atoms with Crippen LogP contribution in [-0.2, 0) is 0 Å². The Hall–Kier alpha value is -1.63. The lowest BCUT2D eigenvalue weighted by Gasteiger charge is -2.13. The molecule has 0 saturated heterocycles. The van der Waals surface area contributed by atoms with Gasteiger partial charge in [0.25, 0.3) is 5.91 Å². The highest BCUT2D eigenvalue weighted by Crippen LogP contribution is 2.06. The Kier molecular flexibility index (Phi) is 9.40. The fraction of sp³-hybridized carbons (Fsp3) is 0.357. The molecule has 122 valence electrons. The molecule has 22 heavy (non-hydrogen) atoms. The summed E-state index contributed by atoms with van der Waals surface area (Å²) in [4.78, 5) is 20.3. The van der Waals surface area contributed by atoms with Gasteiger partial charge in [-0.05, 0) is 25.6 Å². The summed E-state index contributed by atoms with van der Waals surface area (Å²) in [5.41, 5.74) is 0.590. The van der Waals surface area contributed by atoms with Crippen molar-refractivity contribution >= 4 is 30.7 Å². The number of hydrogen-bond donors (Lipinski definition) is 2. The molecule has 0 radical (unpaired) electrons. The number of pyridine rings is 1. The van der Waals surface area contributed by atoms with Crippen molar-refractivity contribution in [1.29, 1.82) is 0 Å². The van der Waals surface area contributed by atoms with Gasteiger partial charge in [0.15, 0.2) is 0 Å². The molecule has 2 aromatic rings. The molecule has 0 unspecified atom stereocenters. The minimum absolute atomic E-state index is 0. The zero-order valence-corrected chi connectivity index (χ0v) is 14.2. The van der Waals surface area contributed by atoms with Crippen molar-refractivity contribution in [2.45, 2.75) is 19.9 Å². The summed E-state index contributed by atoms with van der Waals surface area (Å²) < 4.78 is 1.76. The number of halogens is 2. The van der Waals surface area contributed by atoms with Crippen molar-refractivity contribution in [3.8, 4) is 5.82 Å². The Morgan fingerprint density at radius 1 is 1.36 bits per heavy atom. The van der Waals surface area contributed by atoms with Crippen LogP contribution in [0.5, 0.6) is 0 Å². The van der Waals surface area contributed by atoms with Crippen LogP contribution < -0.4 is 10.6 Å². The third-order valence-electron chi connectivity index (χ3n) is 2.90. The van der Waals surface area contributed by atoms with Crippen molar-refractivity contribution in [2.24, 2.45) is 0 Å². The van der Waals surface area contributed by atoms with Gasteiger partial charge in [-0.15, -0.1) is 24.8 Å². The van der Waals surface area contributed by atoms with E-state index in [4.69, 9.17) is 0 Å². The van der Waals surface area contributed by atoms with E-state index < -0.39 is 0 Å². The zero-order valence-electron chi connectivity index (χ0n) is 12.5. The summed E-state index contributed by atoms with van der Waals surface area (Å²) in [5, 5.41) is 6.15. The number of likely N-dealkylation sites (N-methyl/N-ethyl adjacent to an activating group) is 1. The average Bonchev–Trinajstić information content (AvgIpc) is 2.99. The minimum Gasteiger partial charge on any atom is -0.350 e. The fourth-order valence-electron chi connectivity index (χ4n) is 1.86.